The summed E-state index contributed by atoms with van der Waals surface area (Å²) < 4.78 is 39.4. The van der Waals surface area contributed by atoms with Gasteiger partial charge in [0.2, 0.25) is 5.91 Å². The third-order valence-electron chi connectivity index (χ3n) is 2.19. The van der Waals surface area contributed by atoms with E-state index in [1.165, 1.54) is 0 Å². The molecule has 0 aromatic heterocycles. The van der Waals surface area contributed by atoms with E-state index in [2.05, 4.69) is 10.1 Å². The molecule has 4 nitrogen and oxygen atoms in total. The van der Waals surface area contributed by atoms with Gasteiger partial charge in [-0.25, -0.2) is 0 Å². The van der Waals surface area contributed by atoms with Gasteiger partial charge in [0, 0.05) is 13.0 Å². The first-order valence-electron chi connectivity index (χ1n) is 5.80. The second-order valence-corrected chi connectivity index (χ2v) is 4.44. The molecule has 0 spiro atoms. The maximum absolute atomic E-state index is 11.7. The summed E-state index contributed by atoms with van der Waals surface area (Å²) in [5.74, 6) is -0.437. The van der Waals surface area contributed by atoms with Crippen LogP contribution in [0.2, 0.25) is 0 Å². The average molecular weight is 271 g/mol. The van der Waals surface area contributed by atoms with Crippen LogP contribution in [0.3, 0.4) is 0 Å². The van der Waals surface area contributed by atoms with Crippen molar-refractivity contribution in [3.05, 3.63) is 0 Å². The molecule has 0 aromatic carbocycles. The molecular formula is C11H20F3NO3. The zero-order valence-corrected chi connectivity index (χ0v) is 10.6. The minimum atomic E-state index is -4.37. The molecule has 0 heterocycles. The Bertz CT molecular complexity index is 254. The van der Waals surface area contributed by atoms with Crippen molar-refractivity contribution >= 4 is 5.91 Å². The first-order valence-corrected chi connectivity index (χ1v) is 5.80. The van der Waals surface area contributed by atoms with E-state index in [9.17, 15) is 23.1 Å². The van der Waals surface area contributed by atoms with E-state index in [-0.39, 0.29) is 19.6 Å². The highest BCUT2D eigenvalue weighted by atomic mass is 19.4. The Labute approximate surface area is 105 Å². The van der Waals surface area contributed by atoms with E-state index < -0.39 is 24.3 Å². The molecule has 0 aromatic rings. The Morgan fingerprint density at radius 2 is 2.00 bits per heavy atom. The average Bonchev–Trinajstić information content (AvgIpc) is 2.20. The maximum Gasteiger partial charge on any atom is 0.411 e. The van der Waals surface area contributed by atoms with E-state index >= 15 is 0 Å². The summed E-state index contributed by atoms with van der Waals surface area (Å²) in [7, 11) is 0. The summed E-state index contributed by atoms with van der Waals surface area (Å²) in [5.41, 5.74) is -0.989. The largest absolute Gasteiger partial charge is 0.411 e. The lowest BCUT2D eigenvalue weighted by molar-refractivity contribution is -0.174. The minimum Gasteiger partial charge on any atom is -0.388 e. The van der Waals surface area contributed by atoms with Crippen LogP contribution in [0, 0.1) is 0 Å². The van der Waals surface area contributed by atoms with Gasteiger partial charge in [-0.2, -0.15) is 13.2 Å². The second-order valence-electron chi connectivity index (χ2n) is 4.44. The molecule has 7 heteroatoms. The quantitative estimate of drug-likeness (QED) is 0.660. The van der Waals surface area contributed by atoms with Gasteiger partial charge < -0.3 is 15.2 Å². The molecule has 18 heavy (non-hydrogen) atoms. The molecule has 0 bridgehead atoms. The van der Waals surface area contributed by atoms with E-state index in [0.717, 1.165) is 6.42 Å². The zero-order chi connectivity index (χ0) is 14.2. The highest BCUT2D eigenvalue weighted by Crippen LogP contribution is 2.14. The van der Waals surface area contributed by atoms with Crippen LogP contribution in [0.25, 0.3) is 0 Å². The molecule has 0 saturated heterocycles. The second kappa shape index (κ2) is 7.58. The molecule has 2 N–H and O–H groups in total. The lowest BCUT2D eigenvalue weighted by atomic mass is 10.0. The van der Waals surface area contributed by atoms with Crippen LogP contribution in [0.15, 0.2) is 0 Å². The first-order chi connectivity index (χ1) is 8.16. The van der Waals surface area contributed by atoms with Crippen LogP contribution >= 0.6 is 0 Å². The number of aliphatic hydroxyl groups is 1. The molecule has 1 amide bonds. The van der Waals surface area contributed by atoms with Crippen molar-refractivity contribution in [3.63, 3.8) is 0 Å². The number of alkyl halides is 3. The predicted octanol–water partition coefficient (Wildman–Crippen LogP) is 1.62. The van der Waals surface area contributed by atoms with Crippen molar-refractivity contribution in [1.82, 2.24) is 5.32 Å². The molecule has 0 aliphatic rings. The van der Waals surface area contributed by atoms with Gasteiger partial charge >= 0.3 is 6.18 Å². The number of halogens is 3. The third kappa shape index (κ3) is 10.3. The Kier molecular flexibility index (Phi) is 7.23. The molecule has 0 aliphatic carbocycles. The number of hydrogen-bond acceptors (Lipinski definition) is 3. The van der Waals surface area contributed by atoms with Crippen molar-refractivity contribution in [3.8, 4) is 0 Å². The fourth-order valence-corrected chi connectivity index (χ4v) is 1.36. The normalized spacial score (nSPS) is 15.2. The lowest BCUT2D eigenvalue weighted by Crippen LogP contribution is -2.40. The van der Waals surface area contributed by atoms with Crippen molar-refractivity contribution in [2.24, 2.45) is 0 Å². The highest BCUT2D eigenvalue weighted by molar-refractivity contribution is 5.76. The topological polar surface area (TPSA) is 58.6 Å². The van der Waals surface area contributed by atoms with Gasteiger partial charge in [-0.3, -0.25) is 4.79 Å². The molecular weight excluding hydrogens is 251 g/mol. The van der Waals surface area contributed by atoms with Gasteiger partial charge in [-0.1, -0.05) is 13.3 Å². The number of amides is 1. The van der Waals surface area contributed by atoms with Crippen LogP contribution in [-0.4, -0.2) is 42.5 Å². The monoisotopic (exact) mass is 271 g/mol. The molecule has 0 saturated carbocycles. The number of nitrogens with one attached hydrogen (secondary N) is 1. The highest BCUT2D eigenvalue weighted by Gasteiger charge is 2.27. The van der Waals surface area contributed by atoms with Gasteiger partial charge in [0.15, 0.2) is 0 Å². The Hall–Kier alpha value is -0.820. The Balaban J connectivity index is 3.66. The smallest absolute Gasteiger partial charge is 0.388 e. The van der Waals surface area contributed by atoms with Crippen molar-refractivity contribution in [2.45, 2.75) is 44.9 Å². The molecule has 108 valence electrons. The summed E-state index contributed by atoms with van der Waals surface area (Å²) in [6.45, 7) is 1.94. The van der Waals surface area contributed by atoms with Crippen molar-refractivity contribution in [1.29, 1.82) is 0 Å². The standard InChI is InChI=1S/C11H20F3NO3/c1-3-5-10(2,17)7-15-9(16)4-6-18-8-11(12,13)14/h17H,3-8H2,1-2H3,(H,15,16). The van der Waals surface area contributed by atoms with E-state index in [1.54, 1.807) is 6.92 Å². The Morgan fingerprint density at radius 1 is 1.39 bits per heavy atom. The number of rotatable bonds is 8. The van der Waals surface area contributed by atoms with E-state index in [1.807, 2.05) is 6.92 Å². The molecule has 0 aliphatic heterocycles. The fourth-order valence-electron chi connectivity index (χ4n) is 1.36. The van der Waals surface area contributed by atoms with Gasteiger partial charge in [-0.15, -0.1) is 0 Å². The molecule has 0 fully saturated rings. The summed E-state index contributed by atoms with van der Waals surface area (Å²) in [6, 6.07) is 0. The summed E-state index contributed by atoms with van der Waals surface area (Å²) in [6.07, 6.45) is -3.21. The van der Waals surface area contributed by atoms with Crippen LogP contribution in [0.1, 0.15) is 33.1 Å². The van der Waals surface area contributed by atoms with E-state index in [0.29, 0.717) is 6.42 Å². The van der Waals surface area contributed by atoms with Crippen LogP contribution in [0.5, 0.6) is 0 Å². The summed E-state index contributed by atoms with van der Waals surface area (Å²) in [4.78, 5) is 11.2. The SMILES string of the molecule is CCCC(C)(O)CNC(=O)CCOCC(F)(F)F. The van der Waals surface area contributed by atoms with Crippen LogP contribution in [-0.2, 0) is 9.53 Å². The zero-order valence-electron chi connectivity index (χ0n) is 10.6. The lowest BCUT2D eigenvalue weighted by Gasteiger charge is -2.22. The summed E-state index contributed by atoms with van der Waals surface area (Å²) >= 11 is 0. The third-order valence-corrected chi connectivity index (χ3v) is 2.19. The fraction of sp³-hybridized carbons (Fsp3) is 0.909. The molecule has 1 atom stereocenters. The van der Waals surface area contributed by atoms with Crippen LogP contribution < -0.4 is 5.32 Å². The minimum absolute atomic E-state index is 0.0823. The van der Waals surface area contributed by atoms with Crippen LogP contribution in [0.4, 0.5) is 13.2 Å². The number of carbonyl (C=O) groups is 1. The Morgan fingerprint density at radius 3 is 2.50 bits per heavy atom. The van der Waals surface area contributed by atoms with Gasteiger partial charge in [0.05, 0.1) is 12.2 Å². The number of ether oxygens (including phenoxy) is 1. The number of carbonyl (C=O) groups excluding carboxylic acids is 1. The van der Waals surface area contributed by atoms with E-state index in [4.69, 9.17) is 0 Å². The number of hydrogen-bond donors (Lipinski definition) is 2. The molecule has 0 rings (SSSR count). The van der Waals surface area contributed by atoms with Gasteiger partial charge in [-0.05, 0) is 13.3 Å². The van der Waals surface area contributed by atoms with Gasteiger partial charge in [0.1, 0.15) is 6.61 Å². The maximum atomic E-state index is 11.7. The first kappa shape index (κ1) is 17.2. The molecule has 1 unspecified atom stereocenters. The molecule has 0 radical (unpaired) electrons. The van der Waals surface area contributed by atoms with Gasteiger partial charge in [0.25, 0.3) is 0 Å². The van der Waals surface area contributed by atoms with Crippen molar-refractivity contribution in [2.75, 3.05) is 19.8 Å². The summed E-state index contributed by atoms with van der Waals surface area (Å²) in [5, 5.41) is 12.2. The van der Waals surface area contributed by atoms with Crippen molar-refractivity contribution < 1.29 is 27.8 Å². The predicted molar refractivity (Wildman–Crippen MR) is 60.0 cm³/mol.